The van der Waals surface area contributed by atoms with Crippen LogP contribution in [0.2, 0.25) is 0 Å². The van der Waals surface area contributed by atoms with Crippen molar-refractivity contribution in [1.82, 2.24) is 14.8 Å². The summed E-state index contributed by atoms with van der Waals surface area (Å²) in [5.41, 5.74) is 0. The highest BCUT2D eigenvalue weighted by molar-refractivity contribution is 7.09. The fraction of sp³-hybridized carbons (Fsp3) is 0.733. The molecular weight excluding hydrogens is 286 g/mol. The Bertz CT molecular complexity index is 425. The summed E-state index contributed by atoms with van der Waals surface area (Å²) in [4.78, 5) is 20.7. The molecular formula is C15H25N3O2S. The lowest BCUT2D eigenvalue weighted by atomic mass is 9.98. The Morgan fingerprint density at radius 2 is 2.43 bits per heavy atom. The van der Waals surface area contributed by atoms with Crippen LogP contribution in [0.25, 0.3) is 0 Å². The SMILES string of the molecule is CN1CCCC[C@H]1CCC(=O)N(CCO)Cc1nccs1. The fourth-order valence-electron chi connectivity index (χ4n) is 2.86. The van der Waals surface area contributed by atoms with Crippen molar-refractivity contribution >= 4 is 17.2 Å². The number of amides is 1. The van der Waals surface area contributed by atoms with Gasteiger partial charge in [0.25, 0.3) is 0 Å². The fourth-order valence-corrected chi connectivity index (χ4v) is 3.49. The number of carbonyl (C=O) groups is 1. The van der Waals surface area contributed by atoms with Gasteiger partial charge in [-0.1, -0.05) is 6.42 Å². The van der Waals surface area contributed by atoms with E-state index < -0.39 is 0 Å². The maximum absolute atomic E-state index is 12.4. The molecule has 0 bridgehead atoms. The lowest BCUT2D eigenvalue weighted by Gasteiger charge is -2.32. The van der Waals surface area contributed by atoms with Crippen molar-refractivity contribution in [3.63, 3.8) is 0 Å². The van der Waals surface area contributed by atoms with Crippen LogP contribution in [0.1, 0.15) is 37.1 Å². The van der Waals surface area contributed by atoms with Crippen LogP contribution >= 0.6 is 11.3 Å². The zero-order valence-electron chi connectivity index (χ0n) is 12.7. The van der Waals surface area contributed by atoms with Crippen molar-refractivity contribution in [1.29, 1.82) is 0 Å². The summed E-state index contributed by atoms with van der Waals surface area (Å²) in [6.07, 6.45) is 6.94. The van der Waals surface area contributed by atoms with Gasteiger partial charge >= 0.3 is 0 Å². The Labute approximate surface area is 130 Å². The zero-order valence-corrected chi connectivity index (χ0v) is 13.5. The number of hydrogen-bond acceptors (Lipinski definition) is 5. The van der Waals surface area contributed by atoms with E-state index in [0.717, 1.165) is 18.0 Å². The minimum Gasteiger partial charge on any atom is -0.395 e. The van der Waals surface area contributed by atoms with Gasteiger partial charge in [0.05, 0.1) is 13.2 Å². The maximum atomic E-state index is 12.4. The summed E-state index contributed by atoms with van der Waals surface area (Å²) in [6, 6.07) is 0.526. The molecule has 1 N–H and O–H groups in total. The Morgan fingerprint density at radius 1 is 1.57 bits per heavy atom. The van der Waals surface area contributed by atoms with Gasteiger partial charge in [-0.05, 0) is 32.9 Å². The van der Waals surface area contributed by atoms with Crippen LogP contribution in [-0.4, -0.2) is 58.6 Å². The molecule has 2 heterocycles. The average molecular weight is 311 g/mol. The number of nitrogens with zero attached hydrogens (tertiary/aromatic N) is 3. The molecule has 1 aliphatic rings. The number of carbonyl (C=O) groups excluding carboxylic acids is 1. The van der Waals surface area contributed by atoms with E-state index in [0.29, 0.717) is 25.6 Å². The predicted octanol–water partition coefficient (Wildman–Crippen LogP) is 1.73. The molecule has 1 aliphatic heterocycles. The second-order valence-corrected chi connectivity index (χ2v) is 6.61. The molecule has 6 heteroatoms. The predicted molar refractivity (Wildman–Crippen MR) is 84.1 cm³/mol. The zero-order chi connectivity index (χ0) is 15.1. The van der Waals surface area contributed by atoms with Gasteiger partial charge in [0.2, 0.25) is 5.91 Å². The van der Waals surface area contributed by atoms with E-state index in [1.54, 1.807) is 22.4 Å². The lowest BCUT2D eigenvalue weighted by molar-refractivity contribution is -0.132. The first-order valence-electron chi connectivity index (χ1n) is 7.68. The van der Waals surface area contributed by atoms with E-state index in [1.807, 2.05) is 5.38 Å². The molecule has 1 atom stereocenters. The highest BCUT2D eigenvalue weighted by atomic mass is 32.1. The number of aliphatic hydroxyl groups excluding tert-OH is 1. The molecule has 118 valence electrons. The molecule has 1 aromatic heterocycles. The van der Waals surface area contributed by atoms with E-state index in [2.05, 4.69) is 16.9 Å². The molecule has 5 nitrogen and oxygen atoms in total. The number of thiazole rings is 1. The third-order valence-electron chi connectivity index (χ3n) is 4.15. The largest absolute Gasteiger partial charge is 0.395 e. The Hall–Kier alpha value is -0.980. The molecule has 1 fully saturated rings. The van der Waals surface area contributed by atoms with Gasteiger partial charge in [0.1, 0.15) is 5.01 Å². The van der Waals surface area contributed by atoms with Gasteiger partial charge in [-0.3, -0.25) is 4.79 Å². The van der Waals surface area contributed by atoms with Crippen molar-refractivity contribution in [2.75, 3.05) is 26.7 Å². The van der Waals surface area contributed by atoms with Gasteiger partial charge in [0.15, 0.2) is 0 Å². The third kappa shape index (κ3) is 5.05. The van der Waals surface area contributed by atoms with Gasteiger partial charge in [0, 0.05) is 30.6 Å². The first-order chi connectivity index (χ1) is 10.2. The molecule has 0 spiro atoms. The molecule has 1 saturated heterocycles. The van der Waals surface area contributed by atoms with Gasteiger partial charge in [-0.2, -0.15) is 0 Å². The summed E-state index contributed by atoms with van der Waals surface area (Å²) in [5, 5.41) is 12.0. The van der Waals surface area contributed by atoms with Crippen LogP contribution in [0, 0.1) is 0 Å². The summed E-state index contributed by atoms with van der Waals surface area (Å²) in [7, 11) is 2.15. The molecule has 0 saturated carbocycles. The van der Waals surface area contributed by atoms with Crippen LogP contribution in [0.5, 0.6) is 0 Å². The Morgan fingerprint density at radius 3 is 3.10 bits per heavy atom. The second-order valence-electron chi connectivity index (χ2n) is 5.63. The average Bonchev–Trinajstić information content (AvgIpc) is 2.99. The lowest BCUT2D eigenvalue weighted by Crippen LogP contribution is -2.38. The van der Waals surface area contributed by atoms with Crippen molar-refractivity contribution in [3.8, 4) is 0 Å². The number of piperidine rings is 1. The first-order valence-corrected chi connectivity index (χ1v) is 8.56. The molecule has 21 heavy (non-hydrogen) atoms. The topological polar surface area (TPSA) is 56.7 Å². The Balaban J connectivity index is 1.83. The molecule has 0 unspecified atom stereocenters. The van der Waals surface area contributed by atoms with E-state index in [4.69, 9.17) is 5.11 Å². The Kier molecular flexibility index (Phi) is 6.60. The van der Waals surface area contributed by atoms with Gasteiger partial charge in [-0.15, -0.1) is 11.3 Å². The van der Waals surface area contributed by atoms with Crippen molar-refractivity contribution < 1.29 is 9.90 Å². The van der Waals surface area contributed by atoms with Gasteiger partial charge in [-0.25, -0.2) is 4.98 Å². The van der Waals surface area contributed by atoms with E-state index in [1.165, 1.54) is 19.3 Å². The highest BCUT2D eigenvalue weighted by Crippen LogP contribution is 2.20. The summed E-state index contributed by atoms with van der Waals surface area (Å²) in [5.74, 6) is 0.123. The minimum atomic E-state index is 0.000443. The number of hydrogen-bond donors (Lipinski definition) is 1. The number of likely N-dealkylation sites (tertiary alicyclic amines) is 1. The molecule has 1 aromatic rings. The second kappa shape index (κ2) is 8.46. The normalized spacial score (nSPS) is 19.6. The van der Waals surface area contributed by atoms with Crippen LogP contribution < -0.4 is 0 Å². The molecule has 1 amide bonds. The minimum absolute atomic E-state index is 0.000443. The molecule has 0 aromatic carbocycles. The highest BCUT2D eigenvalue weighted by Gasteiger charge is 2.21. The smallest absolute Gasteiger partial charge is 0.223 e. The van der Waals surface area contributed by atoms with Crippen molar-refractivity contribution in [3.05, 3.63) is 16.6 Å². The molecule has 2 rings (SSSR count). The van der Waals surface area contributed by atoms with Crippen LogP contribution in [0.3, 0.4) is 0 Å². The summed E-state index contributed by atoms with van der Waals surface area (Å²) in [6.45, 7) is 2.04. The summed E-state index contributed by atoms with van der Waals surface area (Å²) < 4.78 is 0. The third-order valence-corrected chi connectivity index (χ3v) is 4.91. The molecule has 0 radical (unpaired) electrons. The van der Waals surface area contributed by atoms with Crippen LogP contribution in [0.4, 0.5) is 0 Å². The standard InChI is InChI=1S/C15H25N3O2S/c1-17-8-3-2-4-13(17)5-6-15(20)18(9-10-19)12-14-16-7-11-21-14/h7,11,13,19H,2-6,8-10,12H2,1H3/t13-/m0/s1. The van der Waals surface area contributed by atoms with Crippen LogP contribution in [-0.2, 0) is 11.3 Å². The van der Waals surface area contributed by atoms with E-state index in [-0.39, 0.29) is 12.5 Å². The number of aliphatic hydroxyl groups is 1. The quantitative estimate of drug-likeness (QED) is 0.833. The van der Waals surface area contributed by atoms with Crippen LogP contribution in [0.15, 0.2) is 11.6 Å². The number of rotatable bonds is 7. The van der Waals surface area contributed by atoms with E-state index >= 15 is 0 Å². The first kappa shape index (κ1) is 16.4. The van der Waals surface area contributed by atoms with Crippen molar-refractivity contribution in [2.45, 2.75) is 44.7 Å². The monoisotopic (exact) mass is 311 g/mol. The van der Waals surface area contributed by atoms with Gasteiger partial charge < -0.3 is 14.9 Å². The maximum Gasteiger partial charge on any atom is 0.223 e. The summed E-state index contributed by atoms with van der Waals surface area (Å²) >= 11 is 1.55. The molecule has 0 aliphatic carbocycles. The van der Waals surface area contributed by atoms with Crippen molar-refractivity contribution in [2.24, 2.45) is 0 Å². The van der Waals surface area contributed by atoms with E-state index in [9.17, 15) is 4.79 Å². The number of aromatic nitrogens is 1.